The molecule has 102 valence electrons. The minimum atomic E-state index is 0.458. The van der Waals surface area contributed by atoms with Crippen LogP contribution in [0.1, 0.15) is 74.7 Å². The van der Waals surface area contributed by atoms with Crippen molar-refractivity contribution in [2.45, 2.75) is 64.8 Å². The Labute approximate surface area is 115 Å². The summed E-state index contributed by atoms with van der Waals surface area (Å²) in [6.45, 7) is 7.87. The average Bonchev–Trinajstić information content (AvgIpc) is 3.03. The average molecular weight is 266 g/mol. The fourth-order valence-corrected chi connectivity index (χ4v) is 3.91. The lowest BCUT2D eigenvalue weighted by Crippen LogP contribution is -2.18. The molecule has 1 heterocycles. The number of hydrogen-bond donors (Lipinski definition) is 1. The van der Waals surface area contributed by atoms with Crippen LogP contribution in [0.15, 0.2) is 6.20 Å². The molecule has 0 amide bonds. The molecule has 2 rings (SSSR count). The van der Waals surface area contributed by atoms with Crippen molar-refractivity contribution >= 4 is 11.3 Å². The van der Waals surface area contributed by atoms with Crippen LogP contribution < -0.4 is 5.32 Å². The fraction of sp³-hybridized carbons (Fsp3) is 0.800. The first kappa shape index (κ1) is 14.0. The molecule has 3 atom stereocenters. The van der Waals surface area contributed by atoms with Gasteiger partial charge in [-0.2, -0.15) is 0 Å². The van der Waals surface area contributed by atoms with Crippen molar-refractivity contribution in [2.24, 2.45) is 5.92 Å². The third kappa shape index (κ3) is 3.33. The van der Waals surface area contributed by atoms with Gasteiger partial charge in [0.15, 0.2) is 0 Å². The first-order valence-corrected chi connectivity index (χ1v) is 8.25. The minimum absolute atomic E-state index is 0.458. The molecule has 18 heavy (non-hydrogen) atoms. The van der Waals surface area contributed by atoms with Gasteiger partial charge in [0, 0.05) is 23.0 Å². The monoisotopic (exact) mass is 266 g/mol. The van der Waals surface area contributed by atoms with E-state index in [9.17, 15) is 0 Å². The van der Waals surface area contributed by atoms with Gasteiger partial charge in [0.05, 0.1) is 5.01 Å². The highest BCUT2D eigenvalue weighted by atomic mass is 32.1. The van der Waals surface area contributed by atoms with Crippen molar-refractivity contribution in [1.29, 1.82) is 0 Å². The molecule has 1 N–H and O–H groups in total. The highest BCUT2D eigenvalue weighted by Crippen LogP contribution is 2.41. The summed E-state index contributed by atoms with van der Waals surface area (Å²) in [5.74, 6) is 1.69. The van der Waals surface area contributed by atoms with E-state index >= 15 is 0 Å². The molecule has 3 heteroatoms. The number of nitrogens with one attached hydrogen (secondary N) is 1. The maximum absolute atomic E-state index is 4.67. The van der Waals surface area contributed by atoms with E-state index in [-0.39, 0.29) is 0 Å². The van der Waals surface area contributed by atoms with Gasteiger partial charge < -0.3 is 5.32 Å². The molecule has 0 aliphatic heterocycles. The zero-order valence-electron chi connectivity index (χ0n) is 11.9. The van der Waals surface area contributed by atoms with E-state index in [1.54, 1.807) is 0 Å². The summed E-state index contributed by atoms with van der Waals surface area (Å²) in [6.07, 6.45) is 8.73. The Morgan fingerprint density at radius 1 is 1.44 bits per heavy atom. The van der Waals surface area contributed by atoms with Gasteiger partial charge in [-0.3, -0.25) is 0 Å². The van der Waals surface area contributed by atoms with Crippen LogP contribution in [0.3, 0.4) is 0 Å². The van der Waals surface area contributed by atoms with E-state index < -0.39 is 0 Å². The number of nitrogens with zero attached hydrogens (tertiary/aromatic N) is 1. The minimum Gasteiger partial charge on any atom is -0.309 e. The number of aromatic nitrogens is 1. The van der Waals surface area contributed by atoms with Crippen molar-refractivity contribution < 1.29 is 0 Å². The molecule has 0 saturated heterocycles. The lowest BCUT2D eigenvalue weighted by atomic mass is 10.0. The number of thiazole rings is 1. The molecule has 2 nitrogen and oxygen atoms in total. The maximum atomic E-state index is 4.67. The first-order chi connectivity index (χ1) is 8.74. The molecular weight excluding hydrogens is 240 g/mol. The van der Waals surface area contributed by atoms with Crippen LogP contribution in [0, 0.1) is 5.92 Å². The molecule has 1 aromatic heterocycles. The number of hydrogen-bond acceptors (Lipinski definition) is 3. The van der Waals surface area contributed by atoms with Gasteiger partial charge in [-0.25, -0.2) is 4.98 Å². The molecule has 1 aromatic rings. The van der Waals surface area contributed by atoms with E-state index in [0.29, 0.717) is 6.04 Å². The molecule has 0 radical (unpaired) electrons. The summed E-state index contributed by atoms with van der Waals surface area (Å²) < 4.78 is 0. The predicted molar refractivity (Wildman–Crippen MR) is 79.2 cm³/mol. The normalized spacial score (nSPS) is 25.5. The van der Waals surface area contributed by atoms with Gasteiger partial charge in [-0.1, -0.05) is 20.3 Å². The van der Waals surface area contributed by atoms with Crippen LogP contribution in [-0.4, -0.2) is 11.5 Å². The second kappa shape index (κ2) is 6.67. The van der Waals surface area contributed by atoms with E-state index in [4.69, 9.17) is 0 Å². The van der Waals surface area contributed by atoms with Gasteiger partial charge in [0.25, 0.3) is 0 Å². The molecule has 1 aliphatic carbocycles. The Balaban J connectivity index is 1.93. The van der Waals surface area contributed by atoms with E-state index in [1.165, 1.54) is 42.0 Å². The van der Waals surface area contributed by atoms with Crippen LogP contribution in [0.4, 0.5) is 0 Å². The summed E-state index contributed by atoms with van der Waals surface area (Å²) in [5, 5.41) is 4.92. The Hall–Kier alpha value is -0.410. The van der Waals surface area contributed by atoms with Gasteiger partial charge >= 0.3 is 0 Å². The molecule has 0 aromatic carbocycles. The molecule has 0 bridgehead atoms. The maximum Gasteiger partial charge on any atom is 0.0959 e. The van der Waals surface area contributed by atoms with Crippen LogP contribution in [0.25, 0.3) is 0 Å². The van der Waals surface area contributed by atoms with Crippen LogP contribution in [0.2, 0.25) is 0 Å². The lowest BCUT2D eigenvalue weighted by Gasteiger charge is -2.10. The van der Waals surface area contributed by atoms with E-state index in [0.717, 1.165) is 18.4 Å². The Morgan fingerprint density at radius 3 is 2.94 bits per heavy atom. The third-order valence-electron chi connectivity index (χ3n) is 4.14. The van der Waals surface area contributed by atoms with Crippen molar-refractivity contribution in [3.63, 3.8) is 0 Å². The van der Waals surface area contributed by atoms with Gasteiger partial charge in [0.2, 0.25) is 0 Å². The van der Waals surface area contributed by atoms with E-state index in [2.05, 4.69) is 37.3 Å². The molecule has 1 aliphatic rings. The van der Waals surface area contributed by atoms with Crippen LogP contribution in [0.5, 0.6) is 0 Å². The van der Waals surface area contributed by atoms with Crippen LogP contribution >= 0.6 is 11.3 Å². The van der Waals surface area contributed by atoms with Crippen molar-refractivity contribution in [1.82, 2.24) is 10.3 Å². The largest absolute Gasteiger partial charge is 0.309 e. The molecule has 1 saturated carbocycles. The summed E-state index contributed by atoms with van der Waals surface area (Å²) in [7, 11) is 0. The van der Waals surface area contributed by atoms with Crippen molar-refractivity contribution in [3.05, 3.63) is 16.1 Å². The van der Waals surface area contributed by atoms with Gasteiger partial charge in [-0.15, -0.1) is 11.3 Å². The van der Waals surface area contributed by atoms with Gasteiger partial charge in [0.1, 0.15) is 0 Å². The molecule has 1 fully saturated rings. The Morgan fingerprint density at radius 2 is 2.28 bits per heavy atom. The highest BCUT2D eigenvalue weighted by molar-refractivity contribution is 7.11. The zero-order valence-corrected chi connectivity index (χ0v) is 12.7. The fourth-order valence-electron chi connectivity index (χ4n) is 2.82. The standard InChI is InChI=1S/C15H26N2S/c1-4-8-16-11(3)14-10-17-15(18-14)13-7-6-12(5-2)9-13/h10-13,16H,4-9H2,1-3H3. The topological polar surface area (TPSA) is 24.9 Å². The van der Waals surface area contributed by atoms with Gasteiger partial charge in [-0.05, 0) is 45.1 Å². The molecular formula is C15H26N2S. The highest BCUT2D eigenvalue weighted by Gasteiger charge is 2.27. The van der Waals surface area contributed by atoms with Crippen molar-refractivity contribution in [2.75, 3.05) is 6.54 Å². The first-order valence-electron chi connectivity index (χ1n) is 7.43. The SMILES string of the molecule is CCCNC(C)c1cnc(C2CCC(CC)C2)s1. The summed E-state index contributed by atoms with van der Waals surface area (Å²) >= 11 is 1.93. The Bertz CT molecular complexity index is 361. The van der Waals surface area contributed by atoms with Crippen LogP contribution in [-0.2, 0) is 0 Å². The summed E-state index contributed by atoms with van der Waals surface area (Å²) in [4.78, 5) is 6.08. The summed E-state index contributed by atoms with van der Waals surface area (Å²) in [5.41, 5.74) is 0. The number of rotatable bonds is 6. The smallest absolute Gasteiger partial charge is 0.0959 e. The second-order valence-electron chi connectivity index (χ2n) is 5.56. The quantitative estimate of drug-likeness (QED) is 0.820. The molecule has 0 spiro atoms. The summed E-state index contributed by atoms with van der Waals surface area (Å²) in [6, 6.07) is 0.458. The second-order valence-corrected chi connectivity index (χ2v) is 6.65. The predicted octanol–water partition coefficient (Wildman–Crippen LogP) is 4.50. The van der Waals surface area contributed by atoms with Crippen molar-refractivity contribution in [3.8, 4) is 0 Å². The third-order valence-corrected chi connectivity index (χ3v) is 5.48. The van der Waals surface area contributed by atoms with E-state index in [1.807, 2.05) is 11.3 Å². The Kier molecular flexibility index (Phi) is 5.19. The molecule has 3 unspecified atom stereocenters. The zero-order chi connectivity index (χ0) is 13.0. The lowest BCUT2D eigenvalue weighted by molar-refractivity contribution is 0.521.